The van der Waals surface area contributed by atoms with Gasteiger partial charge in [0.25, 0.3) is 0 Å². The van der Waals surface area contributed by atoms with Crippen LogP contribution in [0.1, 0.15) is 24.2 Å². The van der Waals surface area contributed by atoms with Crippen molar-refractivity contribution in [2.24, 2.45) is 0 Å². The summed E-state index contributed by atoms with van der Waals surface area (Å²) in [6.07, 6.45) is 1.59. The lowest BCUT2D eigenvalue weighted by Crippen LogP contribution is -2.27. The molecule has 0 saturated carbocycles. The Bertz CT molecular complexity index is 384. The lowest BCUT2D eigenvalue weighted by molar-refractivity contribution is -0.128. The predicted molar refractivity (Wildman–Crippen MR) is 72.5 cm³/mol. The molecule has 18 heavy (non-hydrogen) atoms. The van der Waals surface area contributed by atoms with Crippen LogP contribution in [0.25, 0.3) is 0 Å². The molecule has 1 heterocycles. The molecule has 1 N–H and O–H groups in total. The Morgan fingerprint density at radius 2 is 2.11 bits per heavy atom. The van der Waals surface area contributed by atoms with Crippen LogP contribution in [0.2, 0.25) is 0 Å². The molecule has 0 fully saturated rings. The molecule has 0 aliphatic carbocycles. The minimum absolute atomic E-state index is 0.168. The molecule has 0 aliphatic heterocycles. The average molecular weight is 252 g/mol. The van der Waals surface area contributed by atoms with E-state index in [9.17, 15) is 4.79 Å². The first-order chi connectivity index (χ1) is 8.50. The Morgan fingerprint density at radius 3 is 2.67 bits per heavy atom. The van der Waals surface area contributed by atoms with Gasteiger partial charge in [-0.1, -0.05) is 0 Å². The van der Waals surface area contributed by atoms with Crippen molar-refractivity contribution in [3.05, 3.63) is 17.5 Å². The molecule has 0 aliphatic rings. The molecule has 0 aromatic carbocycles. The van der Waals surface area contributed by atoms with Crippen LogP contribution in [0.15, 0.2) is 6.07 Å². The summed E-state index contributed by atoms with van der Waals surface area (Å²) in [4.78, 5) is 12.9. The van der Waals surface area contributed by atoms with Crippen molar-refractivity contribution in [3.63, 3.8) is 0 Å². The number of hydrogen-bond donors (Lipinski definition) is 1. The highest BCUT2D eigenvalue weighted by molar-refractivity contribution is 5.75. The van der Waals surface area contributed by atoms with Crippen LogP contribution < -0.4 is 5.32 Å². The first-order valence-corrected chi connectivity index (χ1v) is 6.42. The summed E-state index contributed by atoms with van der Waals surface area (Å²) in [6, 6.07) is 2.09. The van der Waals surface area contributed by atoms with E-state index in [2.05, 4.69) is 23.4 Å². The molecular weight excluding hydrogens is 228 g/mol. The number of carbonyl (C=O) groups excluding carboxylic acids is 1. The quantitative estimate of drug-likeness (QED) is 0.735. The second-order valence-electron chi connectivity index (χ2n) is 4.79. The first-order valence-electron chi connectivity index (χ1n) is 6.42. The van der Waals surface area contributed by atoms with Crippen molar-refractivity contribution < 1.29 is 4.79 Å². The molecule has 102 valence electrons. The van der Waals surface area contributed by atoms with Gasteiger partial charge in [-0.2, -0.15) is 5.10 Å². The molecule has 0 spiro atoms. The van der Waals surface area contributed by atoms with Crippen LogP contribution in [-0.4, -0.2) is 47.8 Å². The number of aryl methyl sites for hydroxylation is 3. The lowest BCUT2D eigenvalue weighted by atomic mass is 10.3. The van der Waals surface area contributed by atoms with Gasteiger partial charge in [0, 0.05) is 39.3 Å². The third kappa shape index (κ3) is 4.87. The van der Waals surface area contributed by atoms with Crippen LogP contribution in [0.4, 0.5) is 0 Å². The van der Waals surface area contributed by atoms with Crippen LogP contribution in [-0.2, 0) is 11.3 Å². The van der Waals surface area contributed by atoms with Crippen molar-refractivity contribution in [1.82, 2.24) is 20.0 Å². The largest absolute Gasteiger partial charge is 0.349 e. The molecule has 0 saturated heterocycles. The Labute approximate surface area is 109 Å². The van der Waals surface area contributed by atoms with Gasteiger partial charge < -0.3 is 10.2 Å². The second-order valence-corrected chi connectivity index (χ2v) is 4.79. The summed E-state index contributed by atoms with van der Waals surface area (Å²) in [5.41, 5.74) is 2.27. The number of aromatic nitrogens is 2. The van der Waals surface area contributed by atoms with Gasteiger partial charge >= 0.3 is 0 Å². The van der Waals surface area contributed by atoms with Crippen molar-refractivity contribution in [1.29, 1.82) is 0 Å². The average Bonchev–Trinajstić information content (AvgIpc) is 2.61. The fraction of sp³-hybridized carbons (Fsp3) is 0.692. The fourth-order valence-corrected chi connectivity index (χ4v) is 1.80. The van der Waals surface area contributed by atoms with E-state index in [1.165, 1.54) is 5.69 Å². The zero-order valence-electron chi connectivity index (χ0n) is 11.9. The van der Waals surface area contributed by atoms with Crippen molar-refractivity contribution >= 4 is 5.91 Å². The standard InChI is InChI=1S/C13H24N4O/c1-11-10-12(2)17(15-11)9-5-7-14-8-6-13(18)16(3)4/h10,14H,5-9H2,1-4H3. The third-order valence-electron chi connectivity index (χ3n) is 2.84. The van der Waals surface area contributed by atoms with Gasteiger partial charge in [-0.3, -0.25) is 9.48 Å². The maximum absolute atomic E-state index is 11.3. The van der Waals surface area contributed by atoms with Crippen LogP contribution >= 0.6 is 0 Å². The highest BCUT2D eigenvalue weighted by Crippen LogP contribution is 2.02. The Hall–Kier alpha value is -1.36. The van der Waals surface area contributed by atoms with E-state index < -0.39 is 0 Å². The van der Waals surface area contributed by atoms with Gasteiger partial charge in [0.1, 0.15) is 0 Å². The van der Waals surface area contributed by atoms with Crippen LogP contribution in [0, 0.1) is 13.8 Å². The molecule has 0 bridgehead atoms. The molecule has 5 nitrogen and oxygen atoms in total. The number of rotatable bonds is 7. The van der Waals surface area contributed by atoms with E-state index >= 15 is 0 Å². The summed E-state index contributed by atoms with van der Waals surface area (Å²) in [5.74, 6) is 0.168. The molecule has 1 rings (SSSR count). The third-order valence-corrected chi connectivity index (χ3v) is 2.84. The lowest BCUT2D eigenvalue weighted by Gasteiger charge is -2.10. The summed E-state index contributed by atoms with van der Waals surface area (Å²) >= 11 is 0. The highest BCUT2D eigenvalue weighted by Gasteiger charge is 2.03. The van der Waals surface area contributed by atoms with Crippen LogP contribution in [0.3, 0.4) is 0 Å². The van der Waals surface area contributed by atoms with E-state index in [0.717, 1.165) is 31.7 Å². The highest BCUT2D eigenvalue weighted by atomic mass is 16.2. The number of carbonyl (C=O) groups is 1. The fourth-order valence-electron chi connectivity index (χ4n) is 1.80. The molecule has 1 aromatic rings. The van der Waals surface area contributed by atoms with Gasteiger partial charge in [-0.05, 0) is 32.9 Å². The minimum atomic E-state index is 0.168. The second kappa shape index (κ2) is 7.16. The zero-order chi connectivity index (χ0) is 13.5. The van der Waals surface area contributed by atoms with Crippen molar-refractivity contribution in [3.8, 4) is 0 Å². The molecule has 5 heteroatoms. The van der Waals surface area contributed by atoms with E-state index in [-0.39, 0.29) is 5.91 Å². The molecule has 0 unspecified atom stereocenters. The predicted octanol–water partition coefficient (Wildman–Crippen LogP) is 0.958. The van der Waals surface area contributed by atoms with Crippen molar-refractivity contribution in [2.45, 2.75) is 33.2 Å². The molecule has 0 radical (unpaired) electrons. The van der Waals surface area contributed by atoms with Gasteiger partial charge in [0.05, 0.1) is 5.69 Å². The van der Waals surface area contributed by atoms with E-state index in [1.807, 2.05) is 11.6 Å². The monoisotopic (exact) mass is 252 g/mol. The van der Waals surface area contributed by atoms with Gasteiger partial charge in [0.2, 0.25) is 5.91 Å². The Morgan fingerprint density at radius 1 is 1.39 bits per heavy atom. The van der Waals surface area contributed by atoms with Gasteiger partial charge in [-0.25, -0.2) is 0 Å². The molecule has 1 aromatic heterocycles. The number of nitrogens with zero attached hydrogens (tertiary/aromatic N) is 3. The first kappa shape index (κ1) is 14.7. The number of nitrogens with one attached hydrogen (secondary N) is 1. The Kier molecular flexibility index (Phi) is 5.85. The van der Waals surface area contributed by atoms with E-state index in [1.54, 1.807) is 19.0 Å². The summed E-state index contributed by atoms with van der Waals surface area (Å²) in [5, 5.41) is 7.69. The summed E-state index contributed by atoms with van der Waals surface area (Å²) in [6.45, 7) is 6.67. The summed E-state index contributed by atoms with van der Waals surface area (Å²) in [7, 11) is 3.57. The zero-order valence-corrected chi connectivity index (χ0v) is 11.9. The molecular formula is C13H24N4O. The molecule has 0 atom stereocenters. The smallest absolute Gasteiger partial charge is 0.223 e. The van der Waals surface area contributed by atoms with E-state index in [4.69, 9.17) is 0 Å². The Balaban J connectivity index is 2.09. The van der Waals surface area contributed by atoms with Gasteiger partial charge in [-0.15, -0.1) is 0 Å². The van der Waals surface area contributed by atoms with Crippen molar-refractivity contribution in [2.75, 3.05) is 27.2 Å². The van der Waals surface area contributed by atoms with Crippen LogP contribution in [0.5, 0.6) is 0 Å². The normalized spacial score (nSPS) is 10.7. The SMILES string of the molecule is Cc1cc(C)n(CCCNCCC(=O)N(C)C)n1. The maximum Gasteiger partial charge on any atom is 0.223 e. The maximum atomic E-state index is 11.3. The van der Waals surface area contributed by atoms with E-state index in [0.29, 0.717) is 6.42 Å². The minimum Gasteiger partial charge on any atom is -0.349 e. The summed E-state index contributed by atoms with van der Waals surface area (Å²) < 4.78 is 2.03. The number of amides is 1. The topological polar surface area (TPSA) is 50.2 Å². The molecule has 1 amide bonds. The number of hydrogen-bond acceptors (Lipinski definition) is 3. The van der Waals surface area contributed by atoms with Gasteiger partial charge in [0.15, 0.2) is 0 Å².